The molecule has 1 amide bonds. The lowest BCUT2D eigenvalue weighted by molar-refractivity contribution is 0.0746. The van der Waals surface area contributed by atoms with Crippen molar-refractivity contribution in [2.75, 3.05) is 11.9 Å². The van der Waals surface area contributed by atoms with Crippen LogP contribution < -0.4 is 5.32 Å². The summed E-state index contributed by atoms with van der Waals surface area (Å²) in [7, 11) is 0. The number of hydrogen-bond acceptors (Lipinski definition) is 3. The fourth-order valence-corrected chi connectivity index (χ4v) is 2.72. The Morgan fingerprint density at radius 2 is 1.73 bits per heavy atom. The number of carbonyl (C=O) groups is 1. The van der Waals surface area contributed by atoms with Gasteiger partial charge in [0.1, 0.15) is 5.69 Å². The van der Waals surface area contributed by atoms with Gasteiger partial charge in [-0.05, 0) is 43.7 Å². The first-order chi connectivity index (χ1) is 12.7. The van der Waals surface area contributed by atoms with Crippen LogP contribution in [0.2, 0.25) is 0 Å². The van der Waals surface area contributed by atoms with E-state index in [-0.39, 0.29) is 5.91 Å². The van der Waals surface area contributed by atoms with Crippen molar-refractivity contribution in [3.05, 3.63) is 89.7 Å². The molecule has 1 N–H and O–H groups in total. The summed E-state index contributed by atoms with van der Waals surface area (Å²) in [6, 6.07) is 21.8. The molecule has 0 fully saturated rings. The fourth-order valence-electron chi connectivity index (χ4n) is 2.72. The molecule has 4 nitrogen and oxygen atoms in total. The van der Waals surface area contributed by atoms with Crippen LogP contribution in [0.15, 0.2) is 72.9 Å². The molecule has 4 heteroatoms. The van der Waals surface area contributed by atoms with Crippen LogP contribution >= 0.6 is 0 Å². The molecule has 0 unspecified atom stereocenters. The number of carbonyl (C=O) groups excluding carboxylic acids is 1. The Bertz CT molecular complexity index is 860. The molecule has 1 aromatic heterocycles. The van der Waals surface area contributed by atoms with Gasteiger partial charge in [-0.15, -0.1) is 0 Å². The van der Waals surface area contributed by atoms with Gasteiger partial charge in [0.15, 0.2) is 0 Å². The van der Waals surface area contributed by atoms with Crippen molar-refractivity contribution in [2.24, 2.45) is 0 Å². The molecule has 0 aliphatic heterocycles. The Morgan fingerprint density at radius 3 is 2.42 bits per heavy atom. The number of anilines is 2. The average Bonchev–Trinajstić information content (AvgIpc) is 2.68. The van der Waals surface area contributed by atoms with Gasteiger partial charge >= 0.3 is 0 Å². The summed E-state index contributed by atoms with van der Waals surface area (Å²) < 4.78 is 0. The van der Waals surface area contributed by atoms with Crippen molar-refractivity contribution in [3.63, 3.8) is 0 Å². The van der Waals surface area contributed by atoms with E-state index in [0.717, 1.165) is 16.9 Å². The first-order valence-corrected chi connectivity index (χ1v) is 8.78. The summed E-state index contributed by atoms with van der Waals surface area (Å²) in [6.45, 7) is 5.24. The molecular formula is C22H23N3O. The second-order valence-electron chi connectivity index (χ2n) is 6.23. The maximum absolute atomic E-state index is 12.9. The highest BCUT2D eigenvalue weighted by molar-refractivity contribution is 5.93. The number of pyridine rings is 1. The Hall–Kier alpha value is -3.14. The average molecular weight is 345 g/mol. The molecule has 26 heavy (non-hydrogen) atoms. The second kappa shape index (κ2) is 8.30. The molecule has 0 aliphatic rings. The molecule has 1 heterocycles. The van der Waals surface area contributed by atoms with Crippen LogP contribution in [0.5, 0.6) is 0 Å². The van der Waals surface area contributed by atoms with E-state index in [0.29, 0.717) is 18.8 Å². The highest BCUT2D eigenvalue weighted by Gasteiger charge is 2.16. The van der Waals surface area contributed by atoms with Gasteiger partial charge < -0.3 is 10.2 Å². The van der Waals surface area contributed by atoms with Crippen LogP contribution in [-0.2, 0) is 6.54 Å². The van der Waals surface area contributed by atoms with Gasteiger partial charge in [0, 0.05) is 30.7 Å². The van der Waals surface area contributed by atoms with Gasteiger partial charge in [-0.3, -0.25) is 9.78 Å². The molecule has 0 spiro atoms. The number of nitrogens with zero attached hydrogens (tertiary/aromatic N) is 2. The molecule has 0 atom stereocenters. The number of aromatic nitrogens is 1. The maximum Gasteiger partial charge on any atom is 0.272 e. The third-order valence-electron chi connectivity index (χ3n) is 4.20. The topological polar surface area (TPSA) is 45.2 Å². The second-order valence-corrected chi connectivity index (χ2v) is 6.23. The lowest BCUT2D eigenvalue weighted by Crippen LogP contribution is -2.31. The molecule has 0 saturated carbocycles. The minimum Gasteiger partial charge on any atom is -0.355 e. The normalized spacial score (nSPS) is 10.4. The minimum absolute atomic E-state index is 0.0658. The van der Waals surface area contributed by atoms with Crippen molar-refractivity contribution < 1.29 is 4.79 Å². The van der Waals surface area contributed by atoms with Gasteiger partial charge in [0.25, 0.3) is 5.91 Å². The summed E-state index contributed by atoms with van der Waals surface area (Å²) in [6.07, 6.45) is 1.67. The smallest absolute Gasteiger partial charge is 0.272 e. The molecule has 3 rings (SSSR count). The highest BCUT2D eigenvalue weighted by Crippen LogP contribution is 2.18. The van der Waals surface area contributed by atoms with E-state index in [4.69, 9.17) is 0 Å². The van der Waals surface area contributed by atoms with Crippen LogP contribution in [0.4, 0.5) is 11.4 Å². The molecule has 0 saturated heterocycles. The van der Waals surface area contributed by atoms with E-state index < -0.39 is 0 Å². The standard InChI is InChI=1S/C22H23N3O/c1-3-25(16-18-7-5-4-6-8-18)22(26)21-15-20(13-14-23-21)24-19-11-9-17(2)10-12-19/h4-15H,3,16H2,1-2H3,(H,23,24). The van der Waals surface area contributed by atoms with E-state index >= 15 is 0 Å². The SMILES string of the molecule is CCN(Cc1ccccc1)C(=O)c1cc(Nc2ccc(C)cc2)ccn1. The summed E-state index contributed by atoms with van der Waals surface area (Å²) in [4.78, 5) is 18.9. The Morgan fingerprint density at radius 1 is 1.00 bits per heavy atom. The molecule has 0 bridgehead atoms. The van der Waals surface area contributed by atoms with Gasteiger partial charge in [-0.1, -0.05) is 48.0 Å². The highest BCUT2D eigenvalue weighted by atomic mass is 16.2. The van der Waals surface area contributed by atoms with Crippen LogP contribution in [0, 0.1) is 6.92 Å². The number of benzene rings is 2. The van der Waals surface area contributed by atoms with E-state index in [1.165, 1.54) is 5.56 Å². The summed E-state index contributed by atoms with van der Waals surface area (Å²) in [5.41, 5.74) is 4.59. The Labute approximate surface area is 154 Å². The molecule has 132 valence electrons. The van der Waals surface area contributed by atoms with E-state index in [2.05, 4.69) is 17.2 Å². The van der Waals surface area contributed by atoms with Gasteiger partial charge in [-0.25, -0.2) is 0 Å². The zero-order chi connectivity index (χ0) is 18.4. The maximum atomic E-state index is 12.9. The molecule has 2 aromatic carbocycles. The minimum atomic E-state index is -0.0658. The van der Waals surface area contributed by atoms with Crippen LogP contribution in [0.3, 0.4) is 0 Å². The van der Waals surface area contributed by atoms with E-state index in [1.807, 2.05) is 67.6 Å². The van der Waals surface area contributed by atoms with Gasteiger partial charge in [-0.2, -0.15) is 0 Å². The first-order valence-electron chi connectivity index (χ1n) is 8.78. The number of hydrogen-bond donors (Lipinski definition) is 1. The van der Waals surface area contributed by atoms with Crippen molar-refractivity contribution in [1.29, 1.82) is 0 Å². The predicted molar refractivity (Wildman–Crippen MR) is 106 cm³/mol. The number of nitrogens with one attached hydrogen (secondary N) is 1. The van der Waals surface area contributed by atoms with Crippen molar-refractivity contribution >= 4 is 17.3 Å². The molecular weight excluding hydrogens is 322 g/mol. The van der Waals surface area contributed by atoms with Gasteiger partial charge in [0.2, 0.25) is 0 Å². The monoisotopic (exact) mass is 345 g/mol. The Kier molecular flexibility index (Phi) is 5.64. The van der Waals surface area contributed by atoms with Crippen LogP contribution in [0.1, 0.15) is 28.5 Å². The zero-order valence-corrected chi connectivity index (χ0v) is 15.1. The van der Waals surface area contributed by atoms with Crippen molar-refractivity contribution in [3.8, 4) is 0 Å². The van der Waals surface area contributed by atoms with Gasteiger partial charge in [0.05, 0.1) is 0 Å². The van der Waals surface area contributed by atoms with Crippen LogP contribution in [-0.4, -0.2) is 22.3 Å². The largest absolute Gasteiger partial charge is 0.355 e. The Balaban J connectivity index is 1.75. The number of amides is 1. The lowest BCUT2D eigenvalue weighted by Gasteiger charge is -2.21. The molecule has 0 aliphatic carbocycles. The lowest BCUT2D eigenvalue weighted by atomic mass is 10.2. The third kappa shape index (κ3) is 4.48. The fraction of sp³-hybridized carbons (Fsp3) is 0.182. The summed E-state index contributed by atoms with van der Waals surface area (Å²) in [5.74, 6) is -0.0658. The zero-order valence-electron chi connectivity index (χ0n) is 15.1. The third-order valence-corrected chi connectivity index (χ3v) is 4.20. The molecule has 3 aromatic rings. The molecule has 0 radical (unpaired) electrons. The van der Waals surface area contributed by atoms with Crippen molar-refractivity contribution in [1.82, 2.24) is 9.88 Å². The van der Waals surface area contributed by atoms with Crippen molar-refractivity contribution in [2.45, 2.75) is 20.4 Å². The first kappa shape index (κ1) is 17.7. The van der Waals surface area contributed by atoms with Crippen LogP contribution in [0.25, 0.3) is 0 Å². The summed E-state index contributed by atoms with van der Waals surface area (Å²) in [5, 5.41) is 3.32. The number of rotatable bonds is 6. The quantitative estimate of drug-likeness (QED) is 0.698. The predicted octanol–water partition coefficient (Wildman–Crippen LogP) is 4.80. The van der Waals surface area contributed by atoms with E-state index in [9.17, 15) is 4.79 Å². The van der Waals surface area contributed by atoms with E-state index in [1.54, 1.807) is 17.2 Å². The number of aryl methyl sites for hydroxylation is 1. The summed E-state index contributed by atoms with van der Waals surface area (Å²) >= 11 is 0.